The Bertz CT molecular complexity index is 702. The predicted octanol–water partition coefficient (Wildman–Crippen LogP) is 3.76. The normalized spacial score (nSPS) is 18.1. The van der Waals surface area contributed by atoms with Crippen LogP contribution in [-0.4, -0.2) is 30.4 Å². The molecular formula is C22H28N2O2. The van der Waals surface area contributed by atoms with Crippen LogP contribution < -0.4 is 10.1 Å². The Balaban J connectivity index is 1.52. The fourth-order valence-corrected chi connectivity index (χ4v) is 3.38. The van der Waals surface area contributed by atoms with Gasteiger partial charge >= 0.3 is 0 Å². The standard InChI is InChI=1S/C22H28N2O2/c1-24-14-7-3-6-13-21(24)22(25)23-16-19-11-8-12-20(15-19)26-17-18-9-4-2-5-10-18/h2,4-5,8-12,15,21H,3,6-7,13-14,16-17H2,1H3,(H,23,25). The Morgan fingerprint density at radius 1 is 1.08 bits per heavy atom. The first-order valence-corrected chi connectivity index (χ1v) is 9.46. The number of nitrogens with zero attached hydrogens (tertiary/aromatic N) is 1. The highest BCUT2D eigenvalue weighted by Crippen LogP contribution is 2.17. The Morgan fingerprint density at radius 3 is 2.73 bits per heavy atom. The molecule has 1 N–H and O–H groups in total. The lowest BCUT2D eigenvalue weighted by atomic mass is 10.1. The second-order valence-corrected chi connectivity index (χ2v) is 6.99. The maximum atomic E-state index is 12.5. The van der Waals surface area contributed by atoms with Gasteiger partial charge in [-0.15, -0.1) is 0 Å². The summed E-state index contributed by atoms with van der Waals surface area (Å²) in [6.45, 7) is 2.08. The number of hydrogen-bond acceptors (Lipinski definition) is 3. The molecule has 1 saturated heterocycles. The topological polar surface area (TPSA) is 41.6 Å². The van der Waals surface area contributed by atoms with Crippen LogP contribution in [0.25, 0.3) is 0 Å². The predicted molar refractivity (Wildman–Crippen MR) is 104 cm³/mol. The van der Waals surface area contributed by atoms with E-state index in [-0.39, 0.29) is 11.9 Å². The van der Waals surface area contributed by atoms with Crippen LogP contribution in [0.15, 0.2) is 54.6 Å². The molecule has 3 rings (SSSR count). The van der Waals surface area contributed by atoms with Gasteiger partial charge < -0.3 is 10.1 Å². The van der Waals surface area contributed by atoms with Crippen molar-refractivity contribution in [1.29, 1.82) is 0 Å². The molecular weight excluding hydrogens is 324 g/mol. The summed E-state index contributed by atoms with van der Waals surface area (Å²) in [5.74, 6) is 0.956. The fourth-order valence-electron chi connectivity index (χ4n) is 3.38. The highest BCUT2D eigenvalue weighted by Gasteiger charge is 2.24. The number of likely N-dealkylation sites (tertiary alicyclic amines) is 1. The van der Waals surface area contributed by atoms with Gasteiger partial charge in [0.25, 0.3) is 0 Å². The third-order valence-corrected chi connectivity index (χ3v) is 4.94. The molecule has 1 heterocycles. The van der Waals surface area contributed by atoms with Crippen LogP contribution in [0.3, 0.4) is 0 Å². The van der Waals surface area contributed by atoms with Crippen molar-refractivity contribution in [2.75, 3.05) is 13.6 Å². The van der Waals surface area contributed by atoms with E-state index in [0.717, 1.165) is 36.3 Å². The van der Waals surface area contributed by atoms with Crippen LogP contribution in [0.2, 0.25) is 0 Å². The molecule has 1 aliphatic heterocycles. The number of ether oxygens (including phenoxy) is 1. The summed E-state index contributed by atoms with van der Waals surface area (Å²) < 4.78 is 5.87. The van der Waals surface area contributed by atoms with E-state index < -0.39 is 0 Å². The quantitative estimate of drug-likeness (QED) is 0.861. The van der Waals surface area contributed by atoms with Gasteiger partial charge in [0.1, 0.15) is 12.4 Å². The minimum Gasteiger partial charge on any atom is -0.489 e. The largest absolute Gasteiger partial charge is 0.489 e. The third-order valence-electron chi connectivity index (χ3n) is 4.94. The van der Waals surface area contributed by atoms with Gasteiger partial charge in [0.2, 0.25) is 5.91 Å². The van der Waals surface area contributed by atoms with E-state index in [2.05, 4.69) is 10.2 Å². The Kier molecular flexibility index (Phi) is 6.67. The second kappa shape index (κ2) is 9.39. The molecule has 1 aliphatic rings. The molecule has 2 aromatic rings. The molecule has 0 aliphatic carbocycles. The van der Waals surface area contributed by atoms with Crippen LogP contribution in [0.1, 0.15) is 36.8 Å². The molecule has 2 aromatic carbocycles. The summed E-state index contributed by atoms with van der Waals surface area (Å²) in [6, 6.07) is 18.1. The van der Waals surface area contributed by atoms with Crippen LogP contribution >= 0.6 is 0 Å². The van der Waals surface area contributed by atoms with Gasteiger partial charge in [0.15, 0.2) is 0 Å². The minimum absolute atomic E-state index is 0.00462. The van der Waals surface area contributed by atoms with Crippen LogP contribution in [0.4, 0.5) is 0 Å². The second-order valence-electron chi connectivity index (χ2n) is 6.99. The molecule has 1 unspecified atom stereocenters. The Labute approximate surface area is 156 Å². The zero-order valence-electron chi connectivity index (χ0n) is 15.5. The molecule has 0 spiro atoms. The molecule has 4 nitrogen and oxygen atoms in total. The van der Waals surface area contributed by atoms with Crippen LogP contribution in [-0.2, 0) is 17.9 Å². The van der Waals surface area contributed by atoms with Gasteiger partial charge in [-0.2, -0.15) is 0 Å². The van der Waals surface area contributed by atoms with Gasteiger partial charge in [-0.05, 0) is 49.7 Å². The number of carbonyl (C=O) groups is 1. The molecule has 0 aromatic heterocycles. The van der Waals surface area contributed by atoms with Gasteiger partial charge in [-0.1, -0.05) is 55.3 Å². The SMILES string of the molecule is CN1CCCCCC1C(=O)NCc1cccc(OCc2ccccc2)c1. The summed E-state index contributed by atoms with van der Waals surface area (Å²) in [7, 11) is 2.05. The van der Waals surface area contributed by atoms with E-state index in [0.29, 0.717) is 13.2 Å². The molecule has 0 saturated carbocycles. The highest BCUT2D eigenvalue weighted by atomic mass is 16.5. The lowest BCUT2D eigenvalue weighted by Crippen LogP contribution is -2.44. The fraction of sp³-hybridized carbons (Fsp3) is 0.409. The average Bonchev–Trinajstić information content (AvgIpc) is 2.90. The zero-order valence-corrected chi connectivity index (χ0v) is 15.5. The molecule has 0 bridgehead atoms. The Morgan fingerprint density at radius 2 is 1.88 bits per heavy atom. The van der Waals surface area contributed by atoms with E-state index in [9.17, 15) is 4.79 Å². The average molecular weight is 352 g/mol. The number of carbonyl (C=O) groups excluding carboxylic acids is 1. The van der Waals surface area contributed by atoms with E-state index >= 15 is 0 Å². The maximum absolute atomic E-state index is 12.5. The van der Waals surface area contributed by atoms with E-state index in [1.165, 1.54) is 12.8 Å². The van der Waals surface area contributed by atoms with E-state index in [1.807, 2.05) is 61.6 Å². The van der Waals surface area contributed by atoms with Crippen molar-refractivity contribution in [3.63, 3.8) is 0 Å². The number of rotatable bonds is 6. The van der Waals surface area contributed by atoms with Gasteiger partial charge in [-0.3, -0.25) is 9.69 Å². The smallest absolute Gasteiger partial charge is 0.237 e. The summed E-state index contributed by atoms with van der Waals surface area (Å²) in [5.41, 5.74) is 2.20. The molecule has 4 heteroatoms. The van der Waals surface area contributed by atoms with Gasteiger partial charge in [-0.25, -0.2) is 0 Å². The number of likely N-dealkylation sites (N-methyl/N-ethyl adjacent to an activating group) is 1. The van der Waals surface area contributed by atoms with Crippen molar-refractivity contribution in [2.45, 2.75) is 44.9 Å². The van der Waals surface area contributed by atoms with Gasteiger partial charge in [0.05, 0.1) is 6.04 Å². The van der Waals surface area contributed by atoms with Crippen molar-refractivity contribution in [1.82, 2.24) is 10.2 Å². The molecule has 1 amide bonds. The van der Waals surface area contributed by atoms with Crippen LogP contribution in [0.5, 0.6) is 5.75 Å². The van der Waals surface area contributed by atoms with Crippen molar-refractivity contribution >= 4 is 5.91 Å². The first-order valence-electron chi connectivity index (χ1n) is 9.46. The molecule has 26 heavy (non-hydrogen) atoms. The minimum atomic E-state index is -0.00462. The zero-order chi connectivity index (χ0) is 18.2. The first-order chi connectivity index (χ1) is 12.7. The summed E-state index contributed by atoms with van der Waals surface area (Å²) in [6.07, 6.45) is 4.48. The summed E-state index contributed by atoms with van der Waals surface area (Å²) >= 11 is 0. The number of hydrogen-bond donors (Lipinski definition) is 1. The van der Waals surface area contributed by atoms with Crippen molar-refractivity contribution < 1.29 is 9.53 Å². The number of amides is 1. The van der Waals surface area contributed by atoms with Gasteiger partial charge in [0, 0.05) is 6.54 Å². The first kappa shape index (κ1) is 18.5. The van der Waals surface area contributed by atoms with E-state index in [4.69, 9.17) is 4.74 Å². The molecule has 138 valence electrons. The lowest BCUT2D eigenvalue weighted by molar-refractivity contribution is -0.126. The number of benzene rings is 2. The van der Waals surface area contributed by atoms with Crippen molar-refractivity contribution in [2.24, 2.45) is 0 Å². The molecule has 0 radical (unpaired) electrons. The lowest BCUT2D eigenvalue weighted by Gasteiger charge is -2.24. The Hall–Kier alpha value is -2.33. The molecule has 1 atom stereocenters. The summed E-state index contributed by atoms with van der Waals surface area (Å²) in [4.78, 5) is 14.7. The van der Waals surface area contributed by atoms with Crippen molar-refractivity contribution in [3.8, 4) is 5.75 Å². The number of nitrogens with one attached hydrogen (secondary N) is 1. The van der Waals surface area contributed by atoms with E-state index in [1.54, 1.807) is 0 Å². The highest BCUT2D eigenvalue weighted by molar-refractivity contribution is 5.81. The summed E-state index contributed by atoms with van der Waals surface area (Å²) in [5, 5.41) is 3.09. The van der Waals surface area contributed by atoms with Crippen molar-refractivity contribution in [3.05, 3.63) is 65.7 Å². The molecule has 1 fully saturated rings. The third kappa shape index (κ3) is 5.33. The van der Waals surface area contributed by atoms with Crippen LogP contribution in [0, 0.1) is 0 Å². The maximum Gasteiger partial charge on any atom is 0.237 e. The monoisotopic (exact) mass is 352 g/mol.